The number of carbonyl (C=O) groups is 1. The van der Waals surface area contributed by atoms with E-state index in [4.69, 9.17) is 0 Å². The zero-order valence-electron chi connectivity index (χ0n) is 20.0. The van der Waals surface area contributed by atoms with Gasteiger partial charge in [0, 0.05) is 71.2 Å². The first kappa shape index (κ1) is 27.0. The number of amides is 1. The molecule has 1 saturated heterocycles. The van der Waals surface area contributed by atoms with Crippen molar-refractivity contribution in [2.75, 3.05) is 53.4 Å². The van der Waals surface area contributed by atoms with Gasteiger partial charge in [-0.3, -0.25) is 19.7 Å². The van der Waals surface area contributed by atoms with E-state index >= 15 is 0 Å². The van der Waals surface area contributed by atoms with Gasteiger partial charge in [0.05, 0.1) is 6.54 Å². The number of guanidine groups is 1. The number of hydrogen-bond acceptors (Lipinski definition) is 4. The number of nitrogens with one attached hydrogen (secondary N) is 1. The van der Waals surface area contributed by atoms with Gasteiger partial charge in [0.15, 0.2) is 5.96 Å². The Morgan fingerprint density at radius 3 is 2.42 bits per heavy atom. The van der Waals surface area contributed by atoms with E-state index < -0.39 is 0 Å². The van der Waals surface area contributed by atoms with Gasteiger partial charge >= 0.3 is 0 Å². The highest BCUT2D eigenvalue weighted by Gasteiger charge is 2.25. The highest BCUT2D eigenvalue weighted by molar-refractivity contribution is 14.0. The molecule has 1 aromatic heterocycles. The molecule has 1 aliphatic heterocycles. The van der Waals surface area contributed by atoms with E-state index in [1.807, 2.05) is 25.2 Å². The quantitative estimate of drug-likeness (QED) is 0.304. The van der Waals surface area contributed by atoms with Crippen LogP contribution in [0.25, 0.3) is 0 Å². The summed E-state index contributed by atoms with van der Waals surface area (Å²) in [5, 5.41) is 3.26. The summed E-state index contributed by atoms with van der Waals surface area (Å²) in [5.74, 6) is 0.847. The van der Waals surface area contributed by atoms with Gasteiger partial charge in [-0.1, -0.05) is 43.3 Å². The summed E-state index contributed by atoms with van der Waals surface area (Å²) < 4.78 is 0. The zero-order chi connectivity index (χ0) is 22.8. The molecule has 2 heterocycles. The van der Waals surface area contributed by atoms with E-state index in [0.29, 0.717) is 12.6 Å². The average Bonchev–Trinajstić information content (AvgIpc) is 2.85. The van der Waals surface area contributed by atoms with Crippen LogP contribution in [0.2, 0.25) is 0 Å². The highest BCUT2D eigenvalue weighted by atomic mass is 127. The Morgan fingerprint density at radius 1 is 1.12 bits per heavy atom. The third-order valence-corrected chi connectivity index (χ3v) is 6.09. The van der Waals surface area contributed by atoms with E-state index in [1.165, 1.54) is 5.56 Å². The lowest BCUT2D eigenvalue weighted by molar-refractivity contribution is -0.128. The second kappa shape index (κ2) is 14.1. The third-order valence-electron chi connectivity index (χ3n) is 6.09. The number of halogens is 1. The number of nitrogens with zero attached hydrogens (tertiary/aromatic N) is 5. The van der Waals surface area contributed by atoms with Gasteiger partial charge < -0.3 is 15.1 Å². The van der Waals surface area contributed by atoms with E-state index in [1.54, 1.807) is 18.1 Å². The van der Waals surface area contributed by atoms with Crippen molar-refractivity contribution < 1.29 is 4.79 Å². The summed E-state index contributed by atoms with van der Waals surface area (Å²) in [7, 11) is 3.62. The van der Waals surface area contributed by atoms with Crippen molar-refractivity contribution in [3.05, 3.63) is 66.0 Å². The minimum absolute atomic E-state index is 0. The van der Waals surface area contributed by atoms with Crippen molar-refractivity contribution in [1.82, 2.24) is 25.0 Å². The first-order chi connectivity index (χ1) is 15.6. The number of rotatable bonds is 8. The molecule has 0 aliphatic carbocycles. The minimum atomic E-state index is 0. The van der Waals surface area contributed by atoms with Crippen LogP contribution in [0.15, 0.2) is 59.7 Å². The van der Waals surface area contributed by atoms with Crippen molar-refractivity contribution in [2.45, 2.75) is 25.8 Å². The van der Waals surface area contributed by atoms with Crippen LogP contribution >= 0.6 is 24.0 Å². The summed E-state index contributed by atoms with van der Waals surface area (Å²) in [4.78, 5) is 27.8. The van der Waals surface area contributed by atoms with Crippen LogP contribution < -0.4 is 5.32 Å². The lowest BCUT2D eigenvalue weighted by Crippen LogP contribution is -2.54. The SMILES string of the molecule is CCC(c1ccccc1)N1CCN(C(=NC)NCC(=O)N(C)CCc2ccccn2)CC1.I. The summed E-state index contributed by atoms with van der Waals surface area (Å²) in [5.41, 5.74) is 2.37. The molecule has 1 aromatic carbocycles. The Hall–Kier alpha value is -2.20. The maximum atomic E-state index is 12.6. The van der Waals surface area contributed by atoms with Crippen LogP contribution in [0.1, 0.15) is 30.6 Å². The predicted octanol–water partition coefficient (Wildman–Crippen LogP) is 3.04. The van der Waals surface area contributed by atoms with Crippen molar-refractivity contribution >= 4 is 35.8 Å². The van der Waals surface area contributed by atoms with Gasteiger partial charge in [0.1, 0.15) is 0 Å². The number of benzene rings is 1. The van der Waals surface area contributed by atoms with Crippen LogP contribution in [0, 0.1) is 0 Å². The summed E-state index contributed by atoms with van der Waals surface area (Å²) >= 11 is 0. The zero-order valence-corrected chi connectivity index (χ0v) is 22.3. The first-order valence-corrected chi connectivity index (χ1v) is 11.5. The standard InChI is InChI=1S/C25H36N6O.HI/c1-4-23(21-10-6-5-7-11-21)30-16-18-31(19-17-30)25(26-2)28-20-24(32)29(3)15-13-22-12-8-9-14-27-22;/h5-12,14,23H,4,13,15-20H2,1-3H3,(H,26,28);1H. The number of aromatic nitrogens is 1. The molecule has 2 aromatic rings. The normalized spacial score (nSPS) is 15.5. The Labute approximate surface area is 215 Å². The monoisotopic (exact) mass is 564 g/mol. The van der Waals surface area contributed by atoms with Crippen LogP contribution in [-0.4, -0.2) is 84.9 Å². The number of pyridine rings is 1. The fourth-order valence-electron chi connectivity index (χ4n) is 4.20. The Bertz CT molecular complexity index is 856. The molecular weight excluding hydrogens is 527 g/mol. The van der Waals surface area contributed by atoms with Crippen LogP contribution in [0.4, 0.5) is 0 Å². The third kappa shape index (κ3) is 7.96. The molecule has 1 aliphatic rings. The average molecular weight is 565 g/mol. The molecule has 3 rings (SSSR count). The molecule has 1 amide bonds. The molecule has 0 spiro atoms. The lowest BCUT2D eigenvalue weighted by Gasteiger charge is -2.40. The Balaban J connectivity index is 0.00000385. The minimum Gasteiger partial charge on any atom is -0.347 e. The van der Waals surface area contributed by atoms with Gasteiger partial charge in [-0.25, -0.2) is 0 Å². The van der Waals surface area contributed by atoms with E-state index in [-0.39, 0.29) is 36.4 Å². The maximum absolute atomic E-state index is 12.6. The highest BCUT2D eigenvalue weighted by Crippen LogP contribution is 2.25. The molecule has 0 saturated carbocycles. The molecule has 8 heteroatoms. The molecule has 1 unspecified atom stereocenters. The molecule has 0 bridgehead atoms. The van der Waals surface area contributed by atoms with Crippen LogP contribution in [0.5, 0.6) is 0 Å². The molecule has 1 N–H and O–H groups in total. The summed E-state index contributed by atoms with van der Waals surface area (Å²) in [6.07, 6.45) is 3.63. The second-order valence-corrected chi connectivity index (χ2v) is 8.14. The molecular formula is C25H37IN6O. The Morgan fingerprint density at radius 2 is 1.82 bits per heavy atom. The molecule has 1 atom stereocenters. The van der Waals surface area contributed by atoms with Gasteiger partial charge in [-0.05, 0) is 24.1 Å². The van der Waals surface area contributed by atoms with Gasteiger partial charge in [-0.15, -0.1) is 24.0 Å². The summed E-state index contributed by atoms with van der Waals surface area (Å²) in [6.45, 7) is 6.89. The van der Waals surface area contributed by atoms with Crippen LogP contribution in [-0.2, 0) is 11.2 Å². The maximum Gasteiger partial charge on any atom is 0.241 e. The van der Waals surface area contributed by atoms with Gasteiger partial charge in [-0.2, -0.15) is 0 Å². The first-order valence-electron chi connectivity index (χ1n) is 11.5. The number of piperazine rings is 1. The van der Waals surface area contributed by atoms with Gasteiger partial charge in [0.2, 0.25) is 5.91 Å². The molecule has 180 valence electrons. The van der Waals surface area contributed by atoms with Crippen LogP contribution in [0.3, 0.4) is 0 Å². The molecule has 33 heavy (non-hydrogen) atoms. The number of hydrogen-bond donors (Lipinski definition) is 1. The van der Waals surface area contributed by atoms with E-state index in [9.17, 15) is 4.79 Å². The molecule has 1 fully saturated rings. The fourth-order valence-corrected chi connectivity index (χ4v) is 4.20. The number of aliphatic imine (C=N–C) groups is 1. The van der Waals surface area contributed by atoms with Gasteiger partial charge in [0.25, 0.3) is 0 Å². The van der Waals surface area contributed by atoms with E-state index in [2.05, 4.69) is 62.3 Å². The van der Waals surface area contributed by atoms with Crippen molar-refractivity contribution in [3.63, 3.8) is 0 Å². The second-order valence-electron chi connectivity index (χ2n) is 8.14. The topological polar surface area (TPSA) is 64.1 Å². The molecule has 7 nitrogen and oxygen atoms in total. The number of carbonyl (C=O) groups excluding carboxylic acids is 1. The Kier molecular flexibility index (Phi) is 11.6. The van der Waals surface area contributed by atoms with Crippen molar-refractivity contribution in [2.24, 2.45) is 4.99 Å². The largest absolute Gasteiger partial charge is 0.347 e. The lowest BCUT2D eigenvalue weighted by atomic mass is 10.0. The summed E-state index contributed by atoms with van der Waals surface area (Å²) in [6, 6.07) is 17.0. The smallest absolute Gasteiger partial charge is 0.241 e. The van der Waals surface area contributed by atoms with E-state index in [0.717, 1.165) is 50.7 Å². The van der Waals surface area contributed by atoms with Crippen molar-refractivity contribution in [1.29, 1.82) is 0 Å². The predicted molar refractivity (Wildman–Crippen MR) is 145 cm³/mol. The number of likely N-dealkylation sites (N-methyl/N-ethyl adjacent to an activating group) is 1. The fraction of sp³-hybridized carbons (Fsp3) is 0.480. The van der Waals surface area contributed by atoms with Crippen molar-refractivity contribution in [3.8, 4) is 0 Å². The molecule has 0 radical (unpaired) electrons.